The molecule has 8 nitrogen and oxygen atoms in total. The number of nitriles is 3. The van der Waals surface area contributed by atoms with Crippen LogP contribution in [0, 0.1) is 34.0 Å². The second kappa shape index (κ2) is 24.6. The molecule has 0 bridgehead atoms. The summed E-state index contributed by atoms with van der Waals surface area (Å²) >= 11 is 0. The summed E-state index contributed by atoms with van der Waals surface area (Å²) in [5.41, 5.74) is 23.6. The molecule has 0 radical (unpaired) electrons. The Balaban J connectivity index is 0.930. The summed E-state index contributed by atoms with van der Waals surface area (Å²) in [6.45, 7) is 0. The smallest absolute Gasteiger partial charge is 0.164 e. The fourth-order valence-corrected chi connectivity index (χ4v) is 14.0. The molecule has 0 aliphatic heterocycles. The summed E-state index contributed by atoms with van der Waals surface area (Å²) in [6.07, 6.45) is 0. The Bertz CT molecular complexity index is 5630. The third-order valence-electron chi connectivity index (χ3n) is 18.7. The van der Waals surface area contributed by atoms with Crippen LogP contribution in [0.4, 0.5) is 0 Å². The maximum Gasteiger partial charge on any atom is 0.164 e. The molecule has 17 aromatic rings. The molecule has 17 rings (SSSR count). The zero-order valence-electron chi connectivity index (χ0n) is 52.8. The Labute approximate surface area is 566 Å². The van der Waals surface area contributed by atoms with Crippen molar-refractivity contribution in [3.05, 3.63) is 344 Å². The van der Waals surface area contributed by atoms with E-state index in [2.05, 4.69) is 246 Å². The van der Waals surface area contributed by atoms with Crippen molar-refractivity contribution in [2.45, 2.75) is 0 Å². The van der Waals surface area contributed by atoms with Crippen LogP contribution in [0.2, 0.25) is 0 Å². The van der Waals surface area contributed by atoms with Crippen molar-refractivity contribution in [1.29, 1.82) is 15.8 Å². The summed E-state index contributed by atoms with van der Waals surface area (Å²) in [5, 5.41) is 35.3. The van der Waals surface area contributed by atoms with Gasteiger partial charge in [-0.25, -0.2) is 15.0 Å². The van der Waals surface area contributed by atoms with E-state index in [-0.39, 0.29) is 0 Å². The highest BCUT2D eigenvalue weighted by Gasteiger charge is 2.24. The van der Waals surface area contributed by atoms with Gasteiger partial charge in [0.25, 0.3) is 0 Å². The number of fused-ring (bicyclic) bond motifs is 6. The molecule has 0 unspecified atom stereocenters. The van der Waals surface area contributed by atoms with Gasteiger partial charge < -0.3 is 9.13 Å². The van der Waals surface area contributed by atoms with Crippen LogP contribution < -0.4 is 0 Å². The SMILES string of the molecule is N#Cc1cccc(-c2ccccc2-c2nc(-c3ccc(-c4cccc(C#N)c4)c(-n4c5ccc(-c6ccccc6)cc5c5cc(-c6ccccc6)ccc54)c3)nc(-c3ccc(-c4cccc(C#N)c4)c(-n4c5ccc(-c6ccccc6)cc5c5cc(-c6ccccc6)ccc54)c3)n2)c1. The molecular weight excluding hydrogens is 1190 g/mol. The molecule has 0 saturated heterocycles. The predicted octanol–water partition coefficient (Wildman–Crippen LogP) is 22.4. The van der Waals surface area contributed by atoms with Crippen molar-refractivity contribution in [2.24, 2.45) is 0 Å². The molecule has 8 heteroatoms. The van der Waals surface area contributed by atoms with Gasteiger partial charge in [0.1, 0.15) is 0 Å². The average molecular weight is 1250 g/mol. The summed E-state index contributed by atoms with van der Waals surface area (Å²) < 4.78 is 4.69. The van der Waals surface area contributed by atoms with E-state index in [1.807, 2.05) is 109 Å². The van der Waals surface area contributed by atoms with E-state index in [1.165, 1.54) is 0 Å². The molecule has 454 valence electrons. The number of hydrogen-bond donors (Lipinski definition) is 0. The number of hydrogen-bond acceptors (Lipinski definition) is 6. The predicted molar refractivity (Wildman–Crippen MR) is 397 cm³/mol. The topological polar surface area (TPSA) is 120 Å². The van der Waals surface area contributed by atoms with Crippen LogP contribution in [-0.2, 0) is 0 Å². The van der Waals surface area contributed by atoms with Gasteiger partial charge in [-0.1, -0.05) is 231 Å². The fourth-order valence-electron chi connectivity index (χ4n) is 14.0. The Hall–Kier alpha value is -13.8. The average Bonchev–Trinajstić information content (AvgIpc) is 1.56. The summed E-state index contributed by atoms with van der Waals surface area (Å²) in [5.74, 6) is 1.28. The van der Waals surface area contributed by atoms with Crippen LogP contribution >= 0.6 is 0 Å². The van der Waals surface area contributed by atoms with Gasteiger partial charge in [0.2, 0.25) is 0 Å². The lowest BCUT2D eigenvalue weighted by molar-refractivity contribution is 1.07. The van der Waals surface area contributed by atoms with Crippen LogP contribution in [0.25, 0.3) is 167 Å². The molecule has 0 saturated carbocycles. The van der Waals surface area contributed by atoms with Crippen molar-refractivity contribution in [2.75, 3.05) is 0 Å². The van der Waals surface area contributed by atoms with Crippen molar-refractivity contribution < 1.29 is 0 Å². The first-order valence-electron chi connectivity index (χ1n) is 32.5. The number of benzene rings is 14. The fraction of sp³-hybridized carbons (Fsp3) is 0. The molecule has 0 amide bonds. The molecule has 14 aromatic carbocycles. The van der Waals surface area contributed by atoms with Crippen LogP contribution in [0.3, 0.4) is 0 Å². The minimum atomic E-state index is 0.425. The van der Waals surface area contributed by atoms with Crippen molar-refractivity contribution >= 4 is 43.6 Å². The van der Waals surface area contributed by atoms with E-state index >= 15 is 0 Å². The van der Waals surface area contributed by atoms with E-state index in [9.17, 15) is 15.8 Å². The van der Waals surface area contributed by atoms with Gasteiger partial charge in [-0.15, -0.1) is 0 Å². The minimum Gasteiger partial charge on any atom is -0.309 e. The minimum absolute atomic E-state index is 0.425. The second-order valence-corrected chi connectivity index (χ2v) is 24.5. The van der Waals surface area contributed by atoms with Crippen molar-refractivity contribution in [3.8, 4) is 142 Å². The molecule has 0 fully saturated rings. The van der Waals surface area contributed by atoms with E-state index in [0.717, 1.165) is 150 Å². The molecule has 0 N–H and O–H groups in total. The number of nitrogens with zero attached hydrogens (tertiary/aromatic N) is 8. The van der Waals surface area contributed by atoms with Gasteiger partial charge in [0.15, 0.2) is 17.5 Å². The monoisotopic (exact) mass is 1250 g/mol. The van der Waals surface area contributed by atoms with Gasteiger partial charge in [-0.2, -0.15) is 15.8 Å². The highest BCUT2D eigenvalue weighted by atomic mass is 15.0. The largest absolute Gasteiger partial charge is 0.309 e. The molecule has 98 heavy (non-hydrogen) atoms. The highest BCUT2D eigenvalue weighted by Crippen LogP contribution is 2.45. The highest BCUT2D eigenvalue weighted by molar-refractivity contribution is 6.14. The first-order valence-corrected chi connectivity index (χ1v) is 32.5. The van der Waals surface area contributed by atoms with E-state index < -0.39 is 0 Å². The molecule has 0 atom stereocenters. The summed E-state index contributed by atoms with van der Waals surface area (Å²) in [7, 11) is 0. The lowest BCUT2D eigenvalue weighted by atomic mass is 9.97. The van der Waals surface area contributed by atoms with Crippen molar-refractivity contribution in [1.82, 2.24) is 24.1 Å². The third-order valence-corrected chi connectivity index (χ3v) is 18.7. The van der Waals surface area contributed by atoms with E-state index in [0.29, 0.717) is 34.2 Å². The first-order chi connectivity index (χ1) is 48.4. The van der Waals surface area contributed by atoms with Gasteiger partial charge in [0.05, 0.1) is 68.3 Å². The van der Waals surface area contributed by atoms with E-state index in [1.54, 1.807) is 0 Å². The third kappa shape index (κ3) is 10.5. The van der Waals surface area contributed by atoms with Gasteiger partial charge in [-0.3, -0.25) is 0 Å². The number of rotatable bonds is 12. The molecule has 0 aliphatic carbocycles. The maximum absolute atomic E-state index is 10.4. The lowest BCUT2D eigenvalue weighted by Crippen LogP contribution is -2.04. The van der Waals surface area contributed by atoms with E-state index in [4.69, 9.17) is 15.0 Å². The molecule has 3 heterocycles. The van der Waals surface area contributed by atoms with Crippen LogP contribution in [0.15, 0.2) is 328 Å². The zero-order chi connectivity index (χ0) is 65.6. The Morgan fingerprint density at radius 1 is 0.204 bits per heavy atom. The van der Waals surface area contributed by atoms with Crippen LogP contribution in [-0.4, -0.2) is 24.1 Å². The Morgan fingerprint density at radius 2 is 0.490 bits per heavy atom. The summed E-state index contributed by atoms with van der Waals surface area (Å²) in [6, 6.07) is 120. The lowest BCUT2D eigenvalue weighted by Gasteiger charge is -2.18. The van der Waals surface area contributed by atoms with Crippen LogP contribution in [0.1, 0.15) is 16.7 Å². The van der Waals surface area contributed by atoms with Crippen molar-refractivity contribution in [3.63, 3.8) is 0 Å². The zero-order valence-corrected chi connectivity index (χ0v) is 52.8. The molecular formula is C90H54N8. The number of aromatic nitrogens is 5. The normalized spacial score (nSPS) is 11.2. The Morgan fingerprint density at radius 3 is 0.827 bits per heavy atom. The maximum atomic E-state index is 10.4. The standard InChI is InChI=1S/C90H54N8/c91-55-58-18-15-29-69(46-58)74-32-13-14-33-77(74)90-95-88(72-34-40-75(70-30-16-19-59(47-70)56-92)86(53-72)97-82-42-36-65(61-21-5-1-6-22-61)49-78(82)79-50-66(37-43-83(79)97)62-23-7-2-8-24-62)94-89(96-90)73-35-41-76(71-31-17-20-60(48-71)57-93)87(54-73)98-84-44-38-67(63-25-9-3-10-26-63)51-80(84)81-52-68(39-45-85(81)98)64-27-11-4-12-28-64/h1-54H. The van der Waals surface area contributed by atoms with Gasteiger partial charge >= 0.3 is 0 Å². The molecule has 0 aliphatic rings. The first kappa shape index (κ1) is 58.0. The molecule has 3 aromatic heterocycles. The molecule has 0 spiro atoms. The quantitative estimate of drug-likeness (QED) is 0.120. The second-order valence-electron chi connectivity index (χ2n) is 24.5. The van der Waals surface area contributed by atoms with Gasteiger partial charge in [-0.05, 0) is 164 Å². The van der Waals surface area contributed by atoms with Crippen LogP contribution in [0.5, 0.6) is 0 Å². The summed E-state index contributed by atoms with van der Waals surface area (Å²) in [4.78, 5) is 16.6. The van der Waals surface area contributed by atoms with Gasteiger partial charge in [0, 0.05) is 49.4 Å². The Kier molecular flexibility index (Phi) is 14.5.